The van der Waals surface area contributed by atoms with E-state index in [4.69, 9.17) is 23.2 Å². The lowest BCUT2D eigenvalue weighted by Gasteiger charge is -2.22. The second-order valence-electron chi connectivity index (χ2n) is 6.39. The van der Waals surface area contributed by atoms with Crippen LogP contribution in [-0.2, 0) is 21.4 Å². The predicted octanol–water partition coefficient (Wildman–Crippen LogP) is 4.96. The maximum absolute atomic E-state index is 13.2. The van der Waals surface area contributed by atoms with Crippen molar-refractivity contribution in [2.45, 2.75) is 11.4 Å². The summed E-state index contributed by atoms with van der Waals surface area (Å²) >= 11 is 11.8. The summed E-state index contributed by atoms with van der Waals surface area (Å²) in [6.45, 7) is -0.482. The molecule has 1 N–H and O–H groups in total. The van der Waals surface area contributed by atoms with Crippen LogP contribution in [0.4, 0.5) is 10.1 Å². The molecular weight excluding hydrogens is 450 g/mol. The van der Waals surface area contributed by atoms with Crippen LogP contribution in [0.1, 0.15) is 5.56 Å². The third kappa shape index (κ3) is 5.58. The summed E-state index contributed by atoms with van der Waals surface area (Å²) in [6.07, 6.45) is 0. The number of amides is 1. The summed E-state index contributed by atoms with van der Waals surface area (Å²) in [5, 5.41) is 3.20. The number of carbonyl (C=O) groups excluding carboxylic acids is 1. The van der Waals surface area contributed by atoms with Gasteiger partial charge in [0, 0.05) is 12.2 Å². The molecule has 30 heavy (non-hydrogen) atoms. The number of rotatable bonds is 7. The van der Waals surface area contributed by atoms with Gasteiger partial charge in [-0.3, -0.25) is 4.79 Å². The van der Waals surface area contributed by atoms with E-state index in [0.29, 0.717) is 16.3 Å². The Hall–Kier alpha value is -2.45. The van der Waals surface area contributed by atoms with E-state index in [1.165, 1.54) is 24.3 Å². The minimum atomic E-state index is -4.06. The lowest BCUT2D eigenvalue weighted by Crippen LogP contribution is -2.37. The number of nitrogens with one attached hydrogen (secondary N) is 1. The van der Waals surface area contributed by atoms with Crippen molar-refractivity contribution >= 4 is 44.8 Å². The lowest BCUT2D eigenvalue weighted by atomic mass is 10.2. The van der Waals surface area contributed by atoms with Crippen molar-refractivity contribution in [1.82, 2.24) is 4.31 Å². The van der Waals surface area contributed by atoms with Crippen molar-refractivity contribution in [2.24, 2.45) is 0 Å². The molecule has 0 aliphatic carbocycles. The molecule has 0 aliphatic rings. The lowest BCUT2D eigenvalue weighted by molar-refractivity contribution is -0.116. The number of hydrogen-bond acceptors (Lipinski definition) is 3. The Kier molecular flexibility index (Phi) is 7.10. The van der Waals surface area contributed by atoms with Crippen LogP contribution in [-0.4, -0.2) is 25.2 Å². The average molecular weight is 467 g/mol. The minimum absolute atomic E-state index is 0.0324. The Balaban J connectivity index is 1.86. The van der Waals surface area contributed by atoms with Crippen LogP contribution in [0.2, 0.25) is 10.0 Å². The highest BCUT2D eigenvalue weighted by molar-refractivity contribution is 7.89. The predicted molar refractivity (Wildman–Crippen MR) is 116 cm³/mol. The molecule has 0 aliphatic heterocycles. The highest BCUT2D eigenvalue weighted by Crippen LogP contribution is 2.25. The molecule has 5 nitrogen and oxygen atoms in total. The number of sulfonamides is 1. The van der Waals surface area contributed by atoms with Gasteiger partial charge in [-0.15, -0.1) is 0 Å². The smallest absolute Gasteiger partial charge is 0.243 e. The molecule has 0 atom stereocenters. The fourth-order valence-electron chi connectivity index (χ4n) is 2.70. The normalized spacial score (nSPS) is 11.5. The van der Waals surface area contributed by atoms with Gasteiger partial charge < -0.3 is 5.32 Å². The van der Waals surface area contributed by atoms with Crippen LogP contribution in [0.15, 0.2) is 77.7 Å². The van der Waals surface area contributed by atoms with Crippen LogP contribution in [0.3, 0.4) is 0 Å². The first kappa shape index (κ1) is 22.2. The van der Waals surface area contributed by atoms with Crippen LogP contribution >= 0.6 is 23.2 Å². The topological polar surface area (TPSA) is 66.5 Å². The van der Waals surface area contributed by atoms with E-state index >= 15 is 0 Å². The Bertz CT molecular complexity index is 1140. The molecule has 0 radical (unpaired) electrons. The Morgan fingerprint density at radius 2 is 1.60 bits per heavy atom. The van der Waals surface area contributed by atoms with Gasteiger partial charge in [0.05, 0.1) is 21.5 Å². The largest absolute Gasteiger partial charge is 0.325 e. The molecule has 3 aromatic carbocycles. The molecule has 0 saturated carbocycles. The van der Waals surface area contributed by atoms with Crippen LogP contribution in [0, 0.1) is 5.82 Å². The second kappa shape index (κ2) is 9.57. The number of nitrogens with zero attached hydrogens (tertiary/aromatic N) is 1. The van der Waals surface area contributed by atoms with Gasteiger partial charge in [-0.2, -0.15) is 4.31 Å². The van der Waals surface area contributed by atoms with Crippen molar-refractivity contribution in [3.8, 4) is 0 Å². The number of benzene rings is 3. The van der Waals surface area contributed by atoms with E-state index < -0.39 is 28.3 Å². The first-order valence-corrected chi connectivity index (χ1v) is 11.0. The van der Waals surface area contributed by atoms with Gasteiger partial charge in [0.1, 0.15) is 5.82 Å². The standard InChI is InChI=1S/C21H17Cl2FN2O3S/c22-19-11-8-17(12-20(19)23)25-21(27)14-26(13-15-4-2-1-3-5-15)30(28,29)18-9-6-16(24)7-10-18/h1-12H,13-14H2,(H,25,27). The molecule has 0 saturated heterocycles. The molecule has 0 unspecified atom stereocenters. The molecule has 9 heteroatoms. The molecule has 3 aromatic rings. The summed E-state index contributed by atoms with van der Waals surface area (Å²) in [4.78, 5) is 12.5. The van der Waals surface area contributed by atoms with E-state index in [2.05, 4.69) is 5.32 Å². The van der Waals surface area contributed by atoms with Gasteiger partial charge in [0.15, 0.2) is 0 Å². The number of halogens is 3. The zero-order chi connectivity index (χ0) is 21.7. The first-order valence-electron chi connectivity index (χ1n) is 8.80. The van der Waals surface area contributed by atoms with Gasteiger partial charge in [0.25, 0.3) is 0 Å². The Morgan fingerprint density at radius 3 is 2.23 bits per heavy atom. The summed E-state index contributed by atoms with van der Waals surface area (Å²) in [5.41, 5.74) is 1.08. The molecule has 1 amide bonds. The van der Waals surface area contributed by atoms with E-state index in [0.717, 1.165) is 16.4 Å². The average Bonchev–Trinajstić information content (AvgIpc) is 2.71. The monoisotopic (exact) mass is 466 g/mol. The van der Waals surface area contributed by atoms with E-state index in [1.807, 2.05) is 0 Å². The minimum Gasteiger partial charge on any atom is -0.325 e. The maximum Gasteiger partial charge on any atom is 0.243 e. The molecule has 156 valence electrons. The number of carbonyl (C=O) groups is 1. The molecule has 3 rings (SSSR count). The summed E-state index contributed by atoms with van der Waals surface area (Å²) in [7, 11) is -4.06. The van der Waals surface area contributed by atoms with Crippen molar-refractivity contribution in [2.75, 3.05) is 11.9 Å². The first-order chi connectivity index (χ1) is 14.3. The Morgan fingerprint density at radius 1 is 0.933 bits per heavy atom. The van der Waals surface area contributed by atoms with Gasteiger partial charge in [-0.1, -0.05) is 53.5 Å². The van der Waals surface area contributed by atoms with Crippen molar-refractivity contribution < 1.29 is 17.6 Å². The molecule has 0 aromatic heterocycles. The van der Waals surface area contributed by atoms with E-state index in [9.17, 15) is 17.6 Å². The highest BCUT2D eigenvalue weighted by Gasteiger charge is 2.27. The molecule has 0 bridgehead atoms. The van der Waals surface area contributed by atoms with Crippen molar-refractivity contribution in [1.29, 1.82) is 0 Å². The molecule has 0 fully saturated rings. The molecular formula is C21H17Cl2FN2O3S. The van der Waals surface area contributed by atoms with Crippen molar-refractivity contribution in [3.05, 3.63) is 94.2 Å². The molecule has 0 heterocycles. The fourth-order valence-corrected chi connectivity index (χ4v) is 4.39. The molecule has 0 spiro atoms. The summed E-state index contributed by atoms with van der Waals surface area (Å²) in [5.74, 6) is -1.11. The van der Waals surface area contributed by atoms with E-state index in [1.54, 1.807) is 36.4 Å². The van der Waals surface area contributed by atoms with Crippen LogP contribution in [0.5, 0.6) is 0 Å². The quantitative estimate of drug-likeness (QED) is 0.534. The summed E-state index contributed by atoms with van der Waals surface area (Å²) in [6, 6.07) is 17.9. The summed E-state index contributed by atoms with van der Waals surface area (Å²) < 4.78 is 40.5. The third-order valence-corrected chi connectivity index (χ3v) is 6.72. The maximum atomic E-state index is 13.2. The highest BCUT2D eigenvalue weighted by atomic mass is 35.5. The van der Waals surface area contributed by atoms with Gasteiger partial charge in [-0.25, -0.2) is 12.8 Å². The van der Waals surface area contributed by atoms with Crippen molar-refractivity contribution in [3.63, 3.8) is 0 Å². The number of anilines is 1. The second-order valence-corrected chi connectivity index (χ2v) is 9.14. The van der Waals surface area contributed by atoms with E-state index in [-0.39, 0.29) is 16.5 Å². The SMILES string of the molecule is O=C(CN(Cc1ccccc1)S(=O)(=O)c1ccc(F)cc1)Nc1ccc(Cl)c(Cl)c1. The van der Waals surface area contributed by atoms with Gasteiger partial charge in [0.2, 0.25) is 15.9 Å². The zero-order valence-corrected chi connectivity index (χ0v) is 17.9. The van der Waals surface area contributed by atoms with Crippen LogP contribution < -0.4 is 5.32 Å². The zero-order valence-electron chi connectivity index (χ0n) is 15.6. The Labute approximate surface area is 184 Å². The van der Waals surface area contributed by atoms with Gasteiger partial charge in [-0.05, 0) is 48.0 Å². The fraction of sp³-hybridized carbons (Fsp3) is 0.0952. The number of hydrogen-bond donors (Lipinski definition) is 1. The van der Waals surface area contributed by atoms with Gasteiger partial charge >= 0.3 is 0 Å². The van der Waals surface area contributed by atoms with Crippen LogP contribution in [0.25, 0.3) is 0 Å². The third-order valence-electron chi connectivity index (χ3n) is 4.18.